The van der Waals surface area contributed by atoms with Gasteiger partial charge in [0.05, 0.1) is 0 Å². The van der Waals surface area contributed by atoms with E-state index in [2.05, 4.69) is 36.7 Å². The van der Waals surface area contributed by atoms with Crippen molar-refractivity contribution in [1.82, 2.24) is 0 Å². The van der Waals surface area contributed by atoms with Gasteiger partial charge in [0.15, 0.2) is 0 Å². The molecule has 12 heavy (non-hydrogen) atoms. The molecular weight excluding hydrogens is 236 g/mol. The maximum Gasteiger partial charge on any atom is 0.0235 e. The second kappa shape index (κ2) is 5.38. The lowest BCUT2D eigenvalue weighted by Crippen LogP contribution is -2.23. The molecule has 0 amide bonds. The third-order valence-electron chi connectivity index (χ3n) is 2.16. The fraction of sp³-hybridized carbons (Fsp3) is 1.00. The van der Waals surface area contributed by atoms with Crippen LogP contribution in [0.25, 0.3) is 0 Å². The second-order valence-electron chi connectivity index (χ2n) is 4.28. The summed E-state index contributed by atoms with van der Waals surface area (Å²) in [5.41, 5.74) is 0.322. The van der Waals surface area contributed by atoms with E-state index in [9.17, 15) is 4.21 Å². The van der Waals surface area contributed by atoms with E-state index < -0.39 is 10.8 Å². The summed E-state index contributed by atoms with van der Waals surface area (Å²) >= 11 is 3.50. The summed E-state index contributed by atoms with van der Waals surface area (Å²) in [5, 5.41) is 1.01. The molecule has 2 atom stereocenters. The summed E-state index contributed by atoms with van der Waals surface area (Å²) in [6.45, 7) is 6.70. The van der Waals surface area contributed by atoms with Gasteiger partial charge in [0.2, 0.25) is 0 Å². The molecule has 0 spiro atoms. The molecule has 0 aliphatic heterocycles. The summed E-state index contributed by atoms with van der Waals surface area (Å²) in [6, 6.07) is 0. The van der Waals surface area contributed by atoms with Crippen molar-refractivity contribution in [2.45, 2.75) is 27.2 Å². The topological polar surface area (TPSA) is 17.1 Å². The van der Waals surface area contributed by atoms with Crippen molar-refractivity contribution < 1.29 is 4.21 Å². The standard InChI is InChI=1S/C9H19BrOS/c1-9(2,3)8(7-10)5-6-12(4)11/h8H,5-7H2,1-4H3. The maximum absolute atomic E-state index is 10.9. The smallest absolute Gasteiger partial charge is 0.0235 e. The fourth-order valence-corrected chi connectivity index (χ4v) is 2.96. The van der Waals surface area contributed by atoms with Crippen molar-refractivity contribution in [3.8, 4) is 0 Å². The molecule has 0 aromatic rings. The van der Waals surface area contributed by atoms with E-state index in [1.807, 2.05) is 0 Å². The zero-order chi connectivity index (χ0) is 9.78. The number of rotatable bonds is 4. The van der Waals surface area contributed by atoms with Crippen LogP contribution in [0.15, 0.2) is 0 Å². The van der Waals surface area contributed by atoms with Crippen molar-refractivity contribution in [2.24, 2.45) is 11.3 Å². The van der Waals surface area contributed by atoms with Crippen molar-refractivity contribution in [3.05, 3.63) is 0 Å². The Morgan fingerprint density at radius 2 is 1.92 bits per heavy atom. The van der Waals surface area contributed by atoms with E-state index >= 15 is 0 Å². The van der Waals surface area contributed by atoms with E-state index in [4.69, 9.17) is 0 Å². The lowest BCUT2D eigenvalue weighted by molar-refractivity contribution is 0.262. The number of hydrogen-bond donors (Lipinski definition) is 0. The third kappa shape index (κ3) is 5.31. The van der Waals surface area contributed by atoms with Crippen LogP contribution in [0.4, 0.5) is 0 Å². The predicted molar refractivity (Wildman–Crippen MR) is 60.3 cm³/mol. The first-order valence-electron chi connectivity index (χ1n) is 4.24. The highest BCUT2D eigenvalue weighted by Crippen LogP contribution is 2.30. The van der Waals surface area contributed by atoms with Gasteiger partial charge in [-0.05, 0) is 17.8 Å². The highest BCUT2D eigenvalue weighted by molar-refractivity contribution is 9.09. The highest BCUT2D eigenvalue weighted by atomic mass is 79.9. The lowest BCUT2D eigenvalue weighted by Gasteiger charge is -2.28. The zero-order valence-corrected chi connectivity index (χ0v) is 10.8. The molecule has 0 fully saturated rings. The first kappa shape index (κ1) is 12.6. The minimum Gasteiger partial charge on any atom is -0.260 e. The summed E-state index contributed by atoms with van der Waals surface area (Å²) in [5.74, 6) is 1.45. The molecule has 0 N–H and O–H groups in total. The van der Waals surface area contributed by atoms with Crippen molar-refractivity contribution in [2.75, 3.05) is 17.3 Å². The molecule has 0 aromatic carbocycles. The highest BCUT2D eigenvalue weighted by Gasteiger charge is 2.23. The molecule has 3 heteroatoms. The van der Waals surface area contributed by atoms with Gasteiger partial charge in [0.1, 0.15) is 0 Å². The second-order valence-corrected chi connectivity index (χ2v) is 6.49. The van der Waals surface area contributed by atoms with Gasteiger partial charge in [-0.3, -0.25) is 4.21 Å². The Morgan fingerprint density at radius 3 is 2.17 bits per heavy atom. The Labute approximate surface area is 86.9 Å². The molecule has 0 heterocycles. The molecule has 0 saturated heterocycles. The van der Waals surface area contributed by atoms with E-state index in [0.29, 0.717) is 11.3 Å². The van der Waals surface area contributed by atoms with Crippen molar-refractivity contribution in [1.29, 1.82) is 0 Å². The van der Waals surface area contributed by atoms with Crippen LogP contribution in [0, 0.1) is 11.3 Å². The summed E-state index contributed by atoms with van der Waals surface area (Å²) in [6.07, 6.45) is 2.83. The molecule has 2 unspecified atom stereocenters. The van der Waals surface area contributed by atoms with E-state index in [1.54, 1.807) is 6.26 Å². The van der Waals surface area contributed by atoms with Gasteiger partial charge in [0.25, 0.3) is 0 Å². The molecule has 74 valence electrons. The van der Waals surface area contributed by atoms with E-state index in [-0.39, 0.29) is 0 Å². The third-order valence-corrected chi connectivity index (χ3v) is 3.76. The summed E-state index contributed by atoms with van der Waals surface area (Å²) < 4.78 is 10.9. The van der Waals surface area contributed by atoms with Crippen LogP contribution in [-0.2, 0) is 10.8 Å². The number of hydrogen-bond acceptors (Lipinski definition) is 1. The van der Waals surface area contributed by atoms with Crippen LogP contribution < -0.4 is 0 Å². The van der Waals surface area contributed by atoms with Crippen molar-refractivity contribution in [3.63, 3.8) is 0 Å². The summed E-state index contributed by atoms with van der Waals surface area (Å²) in [4.78, 5) is 0. The molecular formula is C9H19BrOS. The minimum absolute atomic E-state index is 0.322. The van der Waals surface area contributed by atoms with E-state index in [1.165, 1.54) is 0 Å². The van der Waals surface area contributed by atoms with Gasteiger partial charge in [-0.25, -0.2) is 0 Å². The Morgan fingerprint density at radius 1 is 1.42 bits per heavy atom. The Bertz CT molecular complexity index is 151. The van der Waals surface area contributed by atoms with Crippen LogP contribution >= 0.6 is 15.9 Å². The molecule has 0 aliphatic carbocycles. The van der Waals surface area contributed by atoms with E-state index in [0.717, 1.165) is 17.5 Å². The van der Waals surface area contributed by atoms with Crippen LogP contribution in [-0.4, -0.2) is 21.5 Å². The van der Waals surface area contributed by atoms with Gasteiger partial charge in [0, 0.05) is 28.1 Å². The van der Waals surface area contributed by atoms with Gasteiger partial charge < -0.3 is 0 Å². The van der Waals surface area contributed by atoms with Gasteiger partial charge in [-0.15, -0.1) is 0 Å². The molecule has 0 bridgehead atoms. The first-order valence-corrected chi connectivity index (χ1v) is 7.08. The van der Waals surface area contributed by atoms with Crippen LogP contribution in [0.5, 0.6) is 0 Å². The van der Waals surface area contributed by atoms with Gasteiger partial charge in [-0.2, -0.15) is 0 Å². The zero-order valence-electron chi connectivity index (χ0n) is 8.39. The average Bonchev–Trinajstić information content (AvgIpc) is 1.85. The molecule has 0 aromatic heterocycles. The monoisotopic (exact) mass is 254 g/mol. The van der Waals surface area contributed by atoms with Crippen molar-refractivity contribution >= 4 is 26.7 Å². The molecule has 0 aliphatic rings. The Kier molecular flexibility index (Phi) is 5.66. The quantitative estimate of drug-likeness (QED) is 0.706. The average molecular weight is 255 g/mol. The van der Waals surface area contributed by atoms with Crippen LogP contribution in [0.1, 0.15) is 27.2 Å². The largest absolute Gasteiger partial charge is 0.260 e. The number of alkyl halides is 1. The molecule has 0 rings (SSSR count). The molecule has 0 radical (unpaired) electrons. The fourth-order valence-electron chi connectivity index (χ4n) is 1.05. The minimum atomic E-state index is -0.643. The van der Waals surface area contributed by atoms with Crippen LogP contribution in [0.3, 0.4) is 0 Å². The predicted octanol–water partition coefficient (Wildman–Crippen LogP) is 2.81. The normalized spacial score (nSPS) is 17.4. The number of halogens is 1. The maximum atomic E-state index is 10.9. The first-order chi connectivity index (χ1) is 5.38. The molecule has 1 nitrogen and oxygen atoms in total. The lowest BCUT2D eigenvalue weighted by atomic mass is 9.80. The van der Waals surface area contributed by atoms with Crippen LogP contribution in [0.2, 0.25) is 0 Å². The van der Waals surface area contributed by atoms with Gasteiger partial charge >= 0.3 is 0 Å². The Hall–Kier alpha value is 0.630. The SMILES string of the molecule is CS(=O)CCC(CBr)C(C)(C)C. The molecule has 0 saturated carbocycles. The Balaban J connectivity index is 3.92. The summed E-state index contributed by atoms with van der Waals surface area (Å²) in [7, 11) is -0.643. The van der Waals surface area contributed by atoms with Gasteiger partial charge in [-0.1, -0.05) is 36.7 Å².